The number of hydrogen-bond acceptors (Lipinski definition) is 6. The molecule has 1 rings (SSSR count). The first-order chi connectivity index (χ1) is 9.86. The maximum absolute atomic E-state index is 10.9. The number of hydrogen-bond donors (Lipinski definition) is 1. The summed E-state index contributed by atoms with van der Waals surface area (Å²) in [6.45, 7) is 6.16. The predicted molar refractivity (Wildman–Crippen MR) is 80.5 cm³/mol. The second kappa shape index (κ2) is 7.32. The fourth-order valence-corrected chi connectivity index (χ4v) is 1.83. The van der Waals surface area contributed by atoms with Crippen LogP contribution in [-0.2, 0) is 0 Å². The van der Waals surface area contributed by atoms with Crippen molar-refractivity contribution in [2.75, 3.05) is 5.43 Å². The molecular formula is C13H18N4O4. The molecule has 0 amide bonds. The highest BCUT2D eigenvalue weighted by Gasteiger charge is 2.19. The van der Waals surface area contributed by atoms with Crippen LogP contribution in [-0.4, -0.2) is 16.1 Å². The lowest BCUT2D eigenvalue weighted by Gasteiger charge is -2.12. The summed E-state index contributed by atoms with van der Waals surface area (Å²) in [5.41, 5.74) is 2.01. The zero-order valence-corrected chi connectivity index (χ0v) is 12.1. The summed E-state index contributed by atoms with van der Waals surface area (Å²) in [7, 11) is 0. The molecule has 0 heterocycles. The van der Waals surface area contributed by atoms with Crippen molar-refractivity contribution in [1.29, 1.82) is 0 Å². The minimum Gasteiger partial charge on any atom is -0.272 e. The Balaban J connectivity index is 2.95. The van der Waals surface area contributed by atoms with E-state index < -0.39 is 9.85 Å². The van der Waals surface area contributed by atoms with Gasteiger partial charge in [0.2, 0.25) is 0 Å². The molecule has 114 valence electrons. The average Bonchev–Trinajstić information content (AvgIpc) is 2.42. The van der Waals surface area contributed by atoms with Gasteiger partial charge in [0.1, 0.15) is 5.69 Å². The maximum Gasteiger partial charge on any atom is 0.301 e. The zero-order valence-electron chi connectivity index (χ0n) is 12.1. The van der Waals surface area contributed by atoms with Crippen molar-refractivity contribution in [2.45, 2.75) is 27.2 Å². The van der Waals surface area contributed by atoms with Crippen LogP contribution in [0.1, 0.15) is 27.2 Å². The van der Waals surface area contributed by atoms with Crippen LogP contribution in [0.15, 0.2) is 23.3 Å². The number of benzene rings is 1. The lowest BCUT2D eigenvalue weighted by Crippen LogP contribution is -2.10. The number of nitrogens with one attached hydrogen (secondary N) is 1. The third kappa shape index (κ3) is 4.51. The number of nitro groups is 2. The topological polar surface area (TPSA) is 111 Å². The van der Waals surface area contributed by atoms with E-state index in [0.717, 1.165) is 12.5 Å². The Bertz CT molecular complexity index is 557. The van der Waals surface area contributed by atoms with Gasteiger partial charge in [0.05, 0.1) is 15.9 Å². The molecule has 0 spiro atoms. The number of nitrogens with zero attached hydrogens (tertiary/aromatic N) is 3. The number of rotatable bonds is 7. The molecule has 0 aliphatic carbocycles. The predicted octanol–water partition coefficient (Wildman–Crippen LogP) is 3.58. The van der Waals surface area contributed by atoms with Gasteiger partial charge in [-0.15, -0.1) is 0 Å². The van der Waals surface area contributed by atoms with Crippen molar-refractivity contribution in [2.24, 2.45) is 16.9 Å². The third-order valence-electron chi connectivity index (χ3n) is 3.17. The van der Waals surface area contributed by atoms with Crippen molar-refractivity contribution in [1.82, 2.24) is 0 Å². The molecule has 8 nitrogen and oxygen atoms in total. The van der Waals surface area contributed by atoms with Crippen LogP contribution in [0.2, 0.25) is 0 Å². The molecule has 0 unspecified atom stereocenters. The standard InChI is InChI=1S/C13H18N4O4/c1-4-10(9(2)3)8-14-15-12-6-5-11(16(18)19)7-13(12)17(20)21/h5-10,15H,4H2,1-3H3/b14-8+/t10-/m1/s1. The molecule has 0 saturated heterocycles. The van der Waals surface area contributed by atoms with Gasteiger partial charge in [0, 0.05) is 12.3 Å². The maximum atomic E-state index is 10.9. The van der Waals surface area contributed by atoms with Crippen molar-refractivity contribution in [3.8, 4) is 0 Å². The van der Waals surface area contributed by atoms with Gasteiger partial charge in [0.25, 0.3) is 5.69 Å². The molecule has 1 aromatic rings. The highest BCUT2D eigenvalue weighted by atomic mass is 16.6. The molecule has 1 aromatic carbocycles. The van der Waals surface area contributed by atoms with E-state index in [2.05, 4.69) is 24.4 Å². The van der Waals surface area contributed by atoms with Crippen LogP contribution < -0.4 is 5.43 Å². The minimum absolute atomic E-state index is 0.125. The largest absolute Gasteiger partial charge is 0.301 e. The van der Waals surface area contributed by atoms with Crippen molar-refractivity contribution in [3.63, 3.8) is 0 Å². The third-order valence-corrected chi connectivity index (χ3v) is 3.17. The minimum atomic E-state index is -0.676. The van der Waals surface area contributed by atoms with Gasteiger partial charge >= 0.3 is 5.69 Å². The molecule has 0 radical (unpaired) electrons. The second-order valence-electron chi connectivity index (χ2n) is 4.92. The van der Waals surface area contributed by atoms with Gasteiger partial charge in [-0.2, -0.15) is 5.10 Å². The first-order valence-electron chi connectivity index (χ1n) is 6.58. The van der Waals surface area contributed by atoms with E-state index in [1.54, 1.807) is 6.21 Å². The van der Waals surface area contributed by atoms with E-state index in [1.165, 1.54) is 12.1 Å². The fraction of sp³-hybridized carbons (Fsp3) is 0.462. The molecule has 0 saturated carbocycles. The smallest absolute Gasteiger partial charge is 0.272 e. The molecule has 8 heteroatoms. The van der Waals surface area contributed by atoms with Crippen LogP contribution in [0, 0.1) is 32.1 Å². The van der Waals surface area contributed by atoms with E-state index in [0.29, 0.717) is 5.92 Å². The van der Waals surface area contributed by atoms with Gasteiger partial charge < -0.3 is 0 Å². The van der Waals surface area contributed by atoms with E-state index in [4.69, 9.17) is 0 Å². The lowest BCUT2D eigenvalue weighted by molar-refractivity contribution is -0.393. The number of hydrazone groups is 1. The van der Waals surface area contributed by atoms with E-state index in [1.807, 2.05) is 6.92 Å². The van der Waals surface area contributed by atoms with Crippen LogP contribution in [0.5, 0.6) is 0 Å². The molecule has 0 aliphatic rings. The first-order valence-corrected chi connectivity index (χ1v) is 6.58. The Morgan fingerprint density at radius 1 is 1.29 bits per heavy atom. The zero-order chi connectivity index (χ0) is 16.0. The second-order valence-corrected chi connectivity index (χ2v) is 4.92. The van der Waals surface area contributed by atoms with Gasteiger partial charge in [-0.1, -0.05) is 20.8 Å². The van der Waals surface area contributed by atoms with Crippen molar-refractivity contribution in [3.05, 3.63) is 38.4 Å². The van der Waals surface area contributed by atoms with Crippen molar-refractivity contribution >= 4 is 23.3 Å². The van der Waals surface area contributed by atoms with Gasteiger partial charge in [-0.25, -0.2) is 0 Å². The van der Waals surface area contributed by atoms with Gasteiger partial charge in [-0.05, 0) is 24.3 Å². The summed E-state index contributed by atoms with van der Waals surface area (Å²) >= 11 is 0. The molecule has 1 atom stereocenters. The van der Waals surface area contributed by atoms with E-state index >= 15 is 0 Å². The Hall–Kier alpha value is -2.51. The summed E-state index contributed by atoms with van der Waals surface area (Å²) in [6, 6.07) is 3.39. The number of non-ortho nitro benzene ring substituents is 1. The Kier molecular flexibility index (Phi) is 5.77. The average molecular weight is 294 g/mol. The van der Waals surface area contributed by atoms with Gasteiger partial charge in [0.15, 0.2) is 0 Å². The van der Waals surface area contributed by atoms with Crippen LogP contribution in [0.3, 0.4) is 0 Å². The van der Waals surface area contributed by atoms with E-state index in [9.17, 15) is 20.2 Å². The van der Waals surface area contributed by atoms with Crippen LogP contribution in [0.4, 0.5) is 17.1 Å². The normalized spacial score (nSPS) is 12.6. The SMILES string of the molecule is CC[C@H](/C=N/Nc1ccc([N+](=O)[O-])cc1[N+](=O)[O-])C(C)C. The Morgan fingerprint density at radius 3 is 2.43 bits per heavy atom. The van der Waals surface area contributed by atoms with Crippen LogP contribution >= 0.6 is 0 Å². The Labute approximate surface area is 122 Å². The molecule has 21 heavy (non-hydrogen) atoms. The molecule has 0 fully saturated rings. The number of nitro benzene ring substituents is 2. The summed E-state index contributed by atoms with van der Waals surface area (Å²) in [6.07, 6.45) is 2.61. The molecular weight excluding hydrogens is 276 g/mol. The first kappa shape index (κ1) is 16.5. The molecule has 1 N–H and O–H groups in total. The Morgan fingerprint density at radius 2 is 1.95 bits per heavy atom. The summed E-state index contributed by atoms with van der Waals surface area (Å²) in [5, 5.41) is 25.6. The molecule has 0 aromatic heterocycles. The quantitative estimate of drug-likeness (QED) is 0.469. The summed E-state index contributed by atoms with van der Waals surface area (Å²) < 4.78 is 0. The lowest BCUT2D eigenvalue weighted by atomic mass is 9.95. The fourth-order valence-electron chi connectivity index (χ4n) is 1.83. The van der Waals surface area contributed by atoms with Crippen LogP contribution in [0.25, 0.3) is 0 Å². The summed E-state index contributed by atoms with van der Waals surface area (Å²) in [5.74, 6) is 0.669. The van der Waals surface area contributed by atoms with Gasteiger partial charge in [-0.3, -0.25) is 25.7 Å². The molecule has 0 bridgehead atoms. The highest BCUT2D eigenvalue weighted by molar-refractivity contribution is 5.68. The summed E-state index contributed by atoms with van der Waals surface area (Å²) in [4.78, 5) is 20.2. The highest BCUT2D eigenvalue weighted by Crippen LogP contribution is 2.28. The monoisotopic (exact) mass is 294 g/mol. The molecule has 0 aliphatic heterocycles. The van der Waals surface area contributed by atoms with E-state index in [-0.39, 0.29) is 23.0 Å². The van der Waals surface area contributed by atoms with Crippen molar-refractivity contribution < 1.29 is 9.85 Å². The number of anilines is 1.